The molecule has 0 aliphatic carbocycles. The first-order chi connectivity index (χ1) is 10.1. The van der Waals surface area contributed by atoms with Gasteiger partial charge in [0.25, 0.3) is 0 Å². The Hall–Kier alpha value is -2.56. The summed E-state index contributed by atoms with van der Waals surface area (Å²) in [4.78, 5) is 17.4. The molecule has 3 rings (SSSR count). The van der Waals surface area contributed by atoms with Crippen LogP contribution in [0.5, 0.6) is 11.6 Å². The zero-order chi connectivity index (χ0) is 14.8. The summed E-state index contributed by atoms with van der Waals surface area (Å²) in [5, 5.41) is 0. The van der Waals surface area contributed by atoms with Gasteiger partial charge in [-0.15, -0.1) is 0 Å². The molecule has 0 fully saturated rings. The van der Waals surface area contributed by atoms with Gasteiger partial charge in [0.1, 0.15) is 11.6 Å². The van der Waals surface area contributed by atoms with Crippen molar-refractivity contribution in [2.75, 3.05) is 0 Å². The van der Waals surface area contributed by atoms with Gasteiger partial charge in [0.15, 0.2) is 0 Å². The Kier molecular flexibility index (Phi) is 3.48. The lowest BCUT2D eigenvalue weighted by Gasteiger charge is -2.09. The molecule has 2 aromatic heterocycles. The topological polar surface area (TPSA) is 60.8 Å². The molecule has 0 aliphatic rings. The lowest BCUT2D eigenvalue weighted by Crippen LogP contribution is -2.01. The molecule has 1 aromatic carbocycles. The SMILES string of the molecule is Cc1cc(Oc2ccc3nccnc3c2)nc(C(C)C)n1. The van der Waals surface area contributed by atoms with E-state index in [4.69, 9.17) is 4.74 Å². The summed E-state index contributed by atoms with van der Waals surface area (Å²) in [5.41, 5.74) is 2.53. The lowest BCUT2D eigenvalue weighted by molar-refractivity contribution is 0.456. The average molecular weight is 280 g/mol. The third-order valence-electron chi connectivity index (χ3n) is 3.03. The third-order valence-corrected chi connectivity index (χ3v) is 3.03. The molecule has 106 valence electrons. The second-order valence-corrected chi connectivity index (χ2v) is 5.17. The zero-order valence-corrected chi connectivity index (χ0v) is 12.2. The van der Waals surface area contributed by atoms with Crippen LogP contribution in [0.15, 0.2) is 36.7 Å². The average Bonchev–Trinajstić information content (AvgIpc) is 2.46. The minimum absolute atomic E-state index is 0.259. The normalized spacial score (nSPS) is 11.0. The number of fused-ring (bicyclic) bond motifs is 1. The zero-order valence-electron chi connectivity index (χ0n) is 12.2. The van der Waals surface area contributed by atoms with Crippen molar-refractivity contribution in [3.63, 3.8) is 0 Å². The van der Waals surface area contributed by atoms with Crippen LogP contribution in [-0.4, -0.2) is 19.9 Å². The highest BCUT2D eigenvalue weighted by atomic mass is 16.5. The lowest BCUT2D eigenvalue weighted by atomic mass is 10.2. The van der Waals surface area contributed by atoms with E-state index in [1.807, 2.05) is 31.2 Å². The van der Waals surface area contributed by atoms with E-state index in [1.54, 1.807) is 12.4 Å². The number of benzene rings is 1. The van der Waals surface area contributed by atoms with Gasteiger partial charge in [-0.1, -0.05) is 13.8 Å². The van der Waals surface area contributed by atoms with Crippen molar-refractivity contribution < 1.29 is 4.74 Å². The number of nitrogens with zero attached hydrogens (tertiary/aromatic N) is 4. The molecule has 5 heteroatoms. The molecule has 0 atom stereocenters. The first-order valence-corrected chi connectivity index (χ1v) is 6.86. The fraction of sp³-hybridized carbons (Fsp3) is 0.250. The van der Waals surface area contributed by atoms with Gasteiger partial charge < -0.3 is 4.74 Å². The molecule has 0 aliphatic heterocycles. The van der Waals surface area contributed by atoms with Crippen LogP contribution in [0.1, 0.15) is 31.3 Å². The smallest absolute Gasteiger partial charge is 0.222 e. The van der Waals surface area contributed by atoms with E-state index in [0.29, 0.717) is 11.6 Å². The highest BCUT2D eigenvalue weighted by Crippen LogP contribution is 2.24. The summed E-state index contributed by atoms with van der Waals surface area (Å²) >= 11 is 0. The van der Waals surface area contributed by atoms with Crippen LogP contribution in [0.4, 0.5) is 0 Å². The van der Waals surface area contributed by atoms with Gasteiger partial charge in [-0.05, 0) is 19.1 Å². The second kappa shape index (κ2) is 5.44. The predicted octanol–water partition coefficient (Wildman–Crippen LogP) is 3.64. The molecular formula is C16H16N4O. The van der Waals surface area contributed by atoms with Crippen molar-refractivity contribution in [3.8, 4) is 11.6 Å². The molecule has 0 amide bonds. The largest absolute Gasteiger partial charge is 0.439 e. The monoisotopic (exact) mass is 280 g/mol. The van der Waals surface area contributed by atoms with Crippen LogP contribution in [0.3, 0.4) is 0 Å². The first kappa shape index (κ1) is 13.4. The van der Waals surface area contributed by atoms with Gasteiger partial charge in [-0.3, -0.25) is 9.97 Å². The molecular weight excluding hydrogens is 264 g/mol. The van der Waals surface area contributed by atoms with E-state index in [-0.39, 0.29) is 5.92 Å². The van der Waals surface area contributed by atoms with E-state index in [0.717, 1.165) is 22.6 Å². The van der Waals surface area contributed by atoms with Gasteiger partial charge in [0, 0.05) is 36.1 Å². The summed E-state index contributed by atoms with van der Waals surface area (Å²) in [6.45, 7) is 6.06. The minimum Gasteiger partial charge on any atom is -0.439 e. The number of hydrogen-bond acceptors (Lipinski definition) is 5. The highest BCUT2D eigenvalue weighted by molar-refractivity contribution is 5.75. The summed E-state index contributed by atoms with van der Waals surface area (Å²) in [6, 6.07) is 7.43. The third kappa shape index (κ3) is 2.97. The summed E-state index contributed by atoms with van der Waals surface area (Å²) in [7, 11) is 0. The number of aromatic nitrogens is 4. The molecule has 0 bridgehead atoms. The standard InChI is InChI=1S/C16H16N4O/c1-10(2)16-19-11(3)8-15(20-16)21-12-4-5-13-14(9-12)18-7-6-17-13/h4-10H,1-3H3. The maximum Gasteiger partial charge on any atom is 0.222 e. The van der Waals surface area contributed by atoms with Crippen molar-refractivity contribution in [1.82, 2.24) is 19.9 Å². The minimum atomic E-state index is 0.259. The first-order valence-electron chi connectivity index (χ1n) is 6.86. The Morgan fingerprint density at radius 3 is 2.48 bits per heavy atom. The van der Waals surface area contributed by atoms with Crippen LogP contribution in [-0.2, 0) is 0 Å². The molecule has 2 heterocycles. The number of aryl methyl sites for hydroxylation is 1. The van der Waals surface area contributed by atoms with Crippen LogP contribution in [0.2, 0.25) is 0 Å². The van der Waals surface area contributed by atoms with Gasteiger partial charge in [-0.2, -0.15) is 4.98 Å². The highest BCUT2D eigenvalue weighted by Gasteiger charge is 2.08. The molecule has 0 unspecified atom stereocenters. The Balaban J connectivity index is 1.94. The summed E-state index contributed by atoms with van der Waals surface area (Å²) in [5.74, 6) is 2.28. The van der Waals surface area contributed by atoms with Gasteiger partial charge in [-0.25, -0.2) is 4.98 Å². The molecule has 0 spiro atoms. The van der Waals surface area contributed by atoms with Gasteiger partial charge >= 0.3 is 0 Å². The predicted molar refractivity (Wildman–Crippen MR) is 80.5 cm³/mol. The van der Waals surface area contributed by atoms with Crippen molar-refractivity contribution >= 4 is 11.0 Å². The quantitative estimate of drug-likeness (QED) is 0.733. The van der Waals surface area contributed by atoms with Gasteiger partial charge in [0.05, 0.1) is 11.0 Å². The van der Waals surface area contributed by atoms with Crippen LogP contribution in [0, 0.1) is 6.92 Å². The molecule has 0 radical (unpaired) electrons. The Morgan fingerprint density at radius 2 is 1.71 bits per heavy atom. The van der Waals surface area contributed by atoms with Crippen molar-refractivity contribution in [2.24, 2.45) is 0 Å². The van der Waals surface area contributed by atoms with E-state index in [9.17, 15) is 0 Å². The number of ether oxygens (including phenoxy) is 1. The maximum absolute atomic E-state index is 5.84. The van der Waals surface area contributed by atoms with Crippen molar-refractivity contribution in [2.45, 2.75) is 26.7 Å². The Labute approximate surface area is 123 Å². The van der Waals surface area contributed by atoms with Gasteiger partial charge in [0.2, 0.25) is 5.88 Å². The maximum atomic E-state index is 5.84. The Bertz CT molecular complexity index is 786. The van der Waals surface area contributed by atoms with E-state index in [2.05, 4.69) is 33.8 Å². The molecule has 0 N–H and O–H groups in total. The van der Waals surface area contributed by atoms with E-state index < -0.39 is 0 Å². The number of hydrogen-bond donors (Lipinski definition) is 0. The second-order valence-electron chi connectivity index (χ2n) is 5.17. The molecule has 0 saturated heterocycles. The van der Waals surface area contributed by atoms with Crippen LogP contribution >= 0.6 is 0 Å². The molecule has 0 saturated carbocycles. The molecule has 5 nitrogen and oxygen atoms in total. The Morgan fingerprint density at radius 1 is 0.952 bits per heavy atom. The van der Waals surface area contributed by atoms with Crippen LogP contribution in [0.25, 0.3) is 11.0 Å². The fourth-order valence-corrected chi connectivity index (χ4v) is 2.00. The molecule has 21 heavy (non-hydrogen) atoms. The van der Waals surface area contributed by atoms with Crippen LogP contribution < -0.4 is 4.74 Å². The summed E-state index contributed by atoms with van der Waals surface area (Å²) < 4.78 is 5.84. The molecule has 3 aromatic rings. The summed E-state index contributed by atoms with van der Waals surface area (Å²) in [6.07, 6.45) is 3.34. The number of rotatable bonds is 3. The van der Waals surface area contributed by atoms with Crippen molar-refractivity contribution in [1.29, 1.82) is 0 Å². The van der Waals surface area contributed by atoms with E-state index in [1.165, 1.54) is 0 Å². The fourth-order valence-electron chi connectivity index (χ4n) is 2.00. The van der Waals surface area contributed by atoms with Crippen molar-refractivity contribution in [3.05, 3.63) is 48.2 Å². The van der Waals surface area contributed by atoms with E-state index >= 15 is 0 Å².